The van der Waals surface area contributed by atoms with E-state index in [1.54, 1.807) is 12.3 Å². The summed E-state index contributed by atoms with van der Waals surface area (Å²) in [4.78, 5) is 21.1. The smallest absolute Gasteiger partial charge is 0.271 e. The minimum atomic E-state index is -0.170. The van der Waals surface area contributed by atoms with Gasteiger partial charge in [-0.3, -0.25) is 14.7 Å². The number of carbonyl (C=O) groups is 1. The molecular formula is C28H36N6O2. The van der Waals surface area contributed by atoms with Crippen molar-refractivity contribution >= 4 is 11.7 Å². The fourth-order valence-corrected chi connectivity index (χ4v) is 4.43. The Bertz CT molecular complexity index is 1140. The molecule has 3 heterocycles. The lowest BCUT2D eigenvalue weighted by atomic mass is 9.98. The molecule has 0 spiro atoms. The maximum atomic E-state index is 12.1. The summed E-state index contributed by atoms with van der Waals surface area (Å²) >= 11 is 0. The van der Waals surface area contributed by atoms with Crippen LogP contribution < -0.4 is 15.0 Å². The van der Waals surface area contributed by atoms with Crippen molar-refractivity contribution in [1.29, 1.82) is 0 Å². The summed E-state index contributed by atoms with van der Waals surface area (Å²) in [6, 6.07) is 12.4. The van der Waals surface area contributed by atoms with Crippen molar-refractivity contribution in [2.45, 2.75) is 40.2 Å². The van der Waals surface area contributed by atoms with Crippen molar-refractivity contribution in [3.63, 3.8) is 0 Å². The Morgan fingerprint density at radius 1 is 0.944 bits per heavy atom. The number of rotatable bonds is 10. The molecule has 0 atom stereocenters. The average Bonchev–Trinajstić information content (AvgIpc) is 2.93. The molecule has 0 saturated carbocycles. The first kappa shape index (κ1) is 25.6. The molecule has 1 amide bonds. The van der Waals surface area contributed by atoms with E-state index in [0.29, 0.717) is 18.8 Å². The van der Waals surface area contributed by atoms with Gasteiger partial charge in [-0.1, -0.05) is 32.0 Å². The Morgan fingerprint density at radius 2 is 1.78 bits per heavy atom. The molecule has 8 nitrogen and oxygen atoms in total. The average molecular weight is 489 g/mol. The van der Waals surface area contributed by atoms with Crippen LogP contribution in [0.4, 0.5) is 5.82 Å². The van der Waals surface area contributed by atoms with E-state index < -0.39 is 0 Å². The summed E-state index contributed by atoms with van der Waals surface area (Å²) in [6.45, 7) is 12.1. The second-order valence-electron chi connectivity index (χ2n) is 8.98. The summed E-state index contributed by atoms with van der Waals surface area (Å²) < 4.78 is 5.62. The summed E-state index contributed by atoms with van der Waals surface area (Å²) in [7, 11) is 0. The zero-order valence-corrected chi connectivity index (χ0v) is 21.5. The third kappa shape index (κ3) is 6.37. The fraction of sp³-hybridized carbons (Fsp3) is 0.429. The number of anilines is 1. The molecule has 0 bridgehead atoms. The van der Waals surface area contributed by atoms with E-state index in [1.807, 2.05) is 26.1 Å². The summed E-state index contributed by atoms with van der Waals surface area (Å²) in [5.74, 6) is 1.45. The van der Waals surface area contributed by atoms with E-state index in [9.17, 15) is 4.79 Å². The maximum absolute atomic E-state index is 12.1. The zero-order chi connectivity index (χ0) is 25.3. The lowest BCUT2D eigenvalue weighted by Gasteiger charge is -2.35. The van der Waals surface area contributed by atoms with Crippen LogP contribution in [-0.4, -0.2) is 65.3 Å². The molecule has 1 aliphatic rings. The third-order valence-corrected chi connectivity index (χ3v) is 6.45. The molecule has 190 valence electrons. The van der Waals surface area contributed by atoms with E-state index in [1.165, 1.54) is 16.7 Å². The maximum Gasteiger partial charge on any atom is 0.271 e. The number of amides is 1. The molecule has 0 aliphatic carbocycles. The first-order chi connectivity index (χ1) is 17.6. The number of carbonyl (C=O) groups excluding carboxylic acids is 1. The lowest BCUT2D eigenvalue weighted by Crippen LogP contribution is -2.46. The standard InChI is InChI=1S/C28H36N6O2/c1-4-11-30-28(35)26-9-10-27(32-31-26)34-14-12-33(13-15-34)20-23-8-7-22(16-21(23)5-2)24-17-25(36-6-3)19-29-18-24/h7-10,16-19H,4-6,11-15,20H2,1-3H3,(H,30,35). The molecule has 1 fully saturated rings. The monoisotopic (exact) mass is 488 g/mol. The SMILES string of the molecule is CCCNC(=O)c1ccc(N2CCN(Cc3ccc(-c4cncc(OCC)c4)cc3CC)CC2)nn1. The highest BCUT2D eigenvalue weighted by Gasteiger charge is 2.20. The predicted octanol–water partition coefficient (Wildman–Crippen LogP) is 3.96. The van der Waals surface area contributed by atoms with Crippen LogP contribution in [0.5, 0.6) is 5.75 Å². The molecule has 1 N–H and O–H groups in total. The number of nitrogens with one attached hydrogen (secondary N) is 1. The van der Waals surface area contributed by atoms with Crippen molar-refractivity contribution < 1.29 is 9.53 Å². The molecule has 8 heteroatoms. The number of aryl methyl sites for hydroxylation is 1. The number of nitrogens with zero attached hydrogens (tertiary/aromatic N) is 5. The van der Waals surface area contributed by atoms with E-state index in [-0.39, 0.29) is 5.91 Å². The second kappa shape index (κ2) is 12.4. The number of piperazine rings is 1. The van der Waals surface area contributed by atoms with Crippen molar-refractivity contribution in [1.82, 2.24) is 25.4 Å². The number of ether oxygens (including phenoxy) is 1. The fourth-order valence-electron chi connectivity index (χ4n) is 4.43. The van der Waals surface area contributed by atoms with Crippen molar-refractivity contribution in [2.24, 2.45) is 0 Å². The molecule has 4 rings (SSSR count). The Labute approximate surface area is 213 Å². The van der Waals surface area contributed by atoms with Crippen molar-refractivity contribution in [3.8, 4) is 16.9 Å². The highest BCUT2D eigenvalue weighted by atomic mass is 16.5. The highest BCUT2D eigenvalue weighted by Crippen LogP contribution is 2.26. The molecule has 3 aromatic rings. The van der Waals surface area contributed by atoms with Gasteiger partial charge in [0.05, 0.1) is 12.8 Å². The number of hydrogen-bond donors (Lipinski definition) is 1. The van der Waals surface area contributed by atoms with Crippen LogP contribution in [0.3, 0.4) is 0 Å². The van der Waals surface area contributed by atoms with E-state index in [2.05, 4.69) is 61.5 Å². The van der Waals surface area contributed by atoms with Crippen LogP contribution in [0.15, 0.2) is 48.8 Å². The molecule has 1 aromatic carbocycles. The zero-order valence-electron chi connectivity index (χ0n) is 21.5. The van der Waals surface area contributed by atoms with Gasteiger partial charge in [-0.05, 0) is 54.7 Å². The Balaban J connectivity index is 1.35. The van der Waals surface area contributed by atoms with Crippen LogP contribution in [0.1, 0.15) is 48.8 Å². The highest BCUT2D eigenvalue weighted by molar-refractivity contribution is 5.92. The molecule has 1 saturated heterocycles. The molecule has 2 aromatic heterocycles. The van der Waals surface area contributed by atoms with E-state index in [0.717, 1.165) is 62.7 Å². The summed E-state index contributed by atoms with van der Waals surface area (Å²) in [5, 5.41) is 11.3. The number of pyridine rings is 1. The molecule has 36 heavy (non-hydrogen) atoms. The number of benzene rings is 1. The third-order valence-electron chi connectivity index (χ3n) is 6.45. The van der Waals surface area contributed by atoms with E-state index in [4.69, 9.17) is 4.74 Å². The predicted molar refractivity (Wildman–Crippen MR) is 142 cm³/mol. The molecule has 0 radical (unpaired) electrons. The van der Waals surface area contributed by atoms with Crippen molar-refractivity contribution in [2.75, 3.05) is 44.2 Å². The van der Waals surface area contributed by atoms with Gasteiger partial charge in [0.25, 0.3) is 5.91 Å². The van der Waals surface area contributed by atoms with Gasteiger partial charge in [-0.2, -0.15) is 0 Å². The first-order valence-electron chi connectivity index (χ1n) is 12.9. The van der Waals surface area contributed by atoms with Crippen LogP contribution in [0.25, 0.3) is 11.1 Å². The van der Waals surface area contributed by atoms with Gasteiger partial charge in [0.15, 0.2) is 11.5 Å². The van der Waals surface area contributed by atoms with Gasteiger partial charge in [-0.25, -0.2) is 0 Å². The largest absolute Gasteiger partial charge is 0.492 e. The quantitative estimate of drug-likeness (QED) is 0.462. The molecular weight excluding hydrogens is 452 g/mol. The summed E-state index contributed by atoms with van der Waals surface area (Å²) in [6.07, 6.45) is 5.52. The van der Waals surface area contributed by atoms with Crippen LogP contribution in [0, 0.1) is 0 Å². The molecule has 1 aliphatic heterocycles. The normalized spacial score (nSPS) is 14.0. The second-order valence-corrected chi connectivity index (χ2v) is 8.98. The van der Waals surface area contributed by atoms with Gasteiger partial charge in [0.1, 0.15) is 5.75 Å². The van der Waals surface area contributed by atoms with E-state index >= 15 is 0 Å². The topological polar surface area (TPSA) is 83.5 Å². The Morgan fingerprint density at radius 3 is 2.47 bits per heavy atom. The number of aromatic nitrogens is 3. The van der Waals surface area contributed by atoms with Gasteiger partial charge in [0, 0.05) is 51.0 Å². The van der Waals surface area contributed by atoms with Gasteiger partial charge in [0.2, 0.25) is 0 Å². The van der Waals surface area contributed by atoms with Crippen LogP contribution in [0.2, 0.25) is 0 Å². The van der Waals surface area contributed by atoms with Crippen molar-refractivity contribution in [3.05, 3.63) is 65.6 Å². The van der Waals surface area contributed by atoms with Gasteiger partial charge in [-0.15, -0.1) is 10.2 Å². The molecule has 0 unspecified atom stereocenters. The lowest BCUT2D eigenvalue weighted by molar-refractivity contribution is 0.0947. The van der Waals surface area contributed by atoms with Gasteiger partial charge >= 0.3 is 0 Å². The Hall–Kier alpha value is -3.52. The van der Waals surface area contributed by atoms with Gasteiger partial charge < -0.3 is 15.0 Å². The van der Waals surface area contributed by atoms with Crippen LogP contribution >= 0.6 is 0 Å². The minimum Gasteiger partial charge on any atom is -0.492 e. The van der Waals surface area contributed by atoms with Crippen LogP contribution in [-0.2, 0) is 13.0 Å². The minimum absolute atomic E-state index is 0.170. The Kier molecular flexibility index (Phi) is 8.84. The first-order valence-corrected chi connectivity index (χ1v) is 12.9. The summed E-state index contributed by atoms with van der Waals surface area (Å²) in [5.41, 5.74) is 5.33. The number of hydrogen-bond acceptors (Lipinski definition) is 7.